The van der Waals surface area contributed by atoms with Gasteiger partial charge in [-0.15, -0.1) is 0 Å². The van der Waals surface area contributed by atoms with Gasteiger partial charge in [0, 0.05) is 24.0 Å². The predicted molar refractivity (Wildman–Crippen MR) is 71.8 cm³/mol. The molecule has 1 aromatic carbocycles. The van der Waals surface area contributed by atoms with Crippen LogP contribution in [-0.4, -0.2) is 9.78 Å². The van der Waals surface area contributed by atoms with Gasteiger partial charge in [-0.2, -0.15) is 5.10 Å². The van der Waals surface area contributed by atoms with E-state index in [1.165, 1.54) is 16.8 Å². The van der Waals surface area contributed by atoms with Crippen molar-refractivity contribution in [2.75, 3.05) is 5.73 Å². The highest BCUT2D eigenvalue weighted by molar-refractivity contribution is 5.71. The molecule has 17 heavy (non-hydrogen) atoms. The summed E-state index contributed by atoms with van der Waals surface area (Å²) in [6.07, 6.45) is 1.92. The minimum atomic E-state index is 0.801. The average molecular weight is 229 g/mol. The van der Waals surface area contributed by atoms with Gasteiger partial charge < -0.3 is 5.73 Å². The molecule has 0 atom stereocenters. The maximum absolute atomic E-state index is 5.86. The van der Waals surface area contributed by atoms with Crippen LogP contribution in [0.1, 0.15) is 25.2 Å². The van der Waals surface area contributed by atoms with E-state index in [0.717, 1.165) is 24.2 Å². The first-order valence-electron chi connectivity index (χ1n) is 6.08. The monoisotopic (exact) mass is 229 g/mol. The molecule has 3 heteroatoms. The summed E-state index contributed by atoms with van der Waals surface area (Å²) in [5, 5.41) is 4.58. The van der Waals surface area contributed by atoms with Crippen LogP contribution in [0.3, 0.4) is 0 Å². The van der Waals surface area contributed by atoms with Crippen LogP contribution in [0.2, 0.25) is 0 Å². The number of hydrogen-bond donors (Lipinski definition) is 1. The molecule has 0 aliphatic carbocycles. The number of nitrogens with two attached hydrogens (primary N) is 1. The Hall–Kier alpha value is -1.77. The van der Waals surface area contributed by atoms with Crippen molar-refractivity contribution in [1.82, 2.24) is 9.78 Å². The van der Waals surface area contributed by atoms with E-state index in [9.17, 15) is 0 Å². The SMILES string of the molecule is CCc1nn(C)c(CC)c1-c1cccc(N)c1. The van der Waals surface area contributed by atoms with Crippen LogP contribution in [0.5, 0.6) is 0 Å². The highest BCUT2D eigenvalue weighted by atomic mass is 15.3. The van der Waals surface area contributed by atoms with E-state index < -0.39 is 0 Å². The van der Waals surface area contributed by atoms with E-state index >= 15 is 0 Å². The Labute approximate surface area is 102 Å². The molecule has 2 N–H and O–H groups in total. The van der Waals surface area contributed by atoms with Crippen molar-refractivity contribution >= 4 is 5.69 Å². The van der Waals surface area contributed by atoms with E-state index in [-0.39, 0.29) is 0 Å². The molecule has 0 bridgehead atoms. The smallest absolute Gasteiger partial charge is 0.0703 e. The summed E-state index contributed by atoms with van der Waals surface area (Å²) in [5.74, 6) is 0. The van der Waals surface area contributed by atoms with Crippen molar-refractivity contribution < 1.29 is 0 Å². The van der Waals surface area contributed by atoms with E-state index in [1.54, 1.807) is 0 Å². The highest BCUT2D eigenvalue weighted by Gasteiger charge is 2.15. The lowest BCUT2D eigenvalue weighted by atomic mass is 10.00. The molecule has 3 nitrogen and oxygen atoms in total. The van der Waals surface area contributed by atoms with Crippen molar-refractivity contribution in [1.29, 1.82) is 0 Å². The third-order valence-electron chi connectivity index (χ3n) is 3.08. The van der Waals surface area contributed by atoms with Gasteiger partial charge in [-0.05, 0) is 30.5 Å². The Balaban J connectivity index is 2.64. The minimum absolute atomic E-state index is 0.801. The summed E-state index contributed by atoms with van der Waals surface area (Å²) in [4.78, 5) is 0. The molecule has 0 radical (unpaired) electrons. The Morgan fingerprint density at radius 2 is 2.00 bits per heavy atom. The molecule has 0 spiro atoms. The molecule has 1 heterocycles. The molecule has 2 rings (SSSR count). The Morgan fingerprint density at radius 3 is 2.59 bits per heavy atom. The topological polar surface area (TPSA) is 43.8 Å². The Kier molecular flexibility index (Phi) is 3.18. The fraction of sp³-hybridized carbons (Fsp3) is 0.357. The summed E-state index contributed by atoms with van der Waals surface area (Å²) in [7, 11) is 2.01. The first kappa shape index (κ1) is 11.7. The molecule has 1 aromatic heterocycles. The molecule has 0 aliphatic rings. The van der Waals surface area contributed by atoms with Gasteiger partial charge in [0.15, 0.2) is 0 Å². The van der Waals surface area contributed by atoms with Crippen LogP contribution in [0.4, 0.5) is 5.69 Å². The van der Waals surface area contributed by atoms with Gasteiger partial charge >= 0.3 is 0 Å². The molecule has 0 aliphatic heterocycles. The number of aromatic nitrogens is 2. The second-order valence-electron chi connectivity index (χ2n) is 4.22. The van der Waals surface area contributed by atoms with Crippen LogP contribution >= 0.6 is 0 Å². The lowest BCUT2D eigenvalue weighted by Gasteiger charge is -2.06. The van der Waals surface area contributed by atoms with Crippen molar-refractivity contribution in [3.05, 3.63) is 35.7 Å². The third kappa shape index (κ3) is 2.05. The zero-order valence-corrected chi connectivity index (χ0v) is 10.7. The fourth-order valence-electron chi connectivity index (χ4n) is 2.30. The van der Waals surface area contributed by atoms with E-state index in [4.69, 9.17) is 5.73 Å². The minimum Gasteiger partial charge on any atom is -0.399 e. The second-order valence-corrected chi connectivity index (χ2v) is 4.22. The lowest BCUT2D eigenvalue weighted by Crippen LogP contribution is -1.97. The van der Waals surface area contributed by atoms with Crippen LogP contribution in [0, 0.1) is 0 Å². The quantitative estimate of drug-likeness (QED) is 0.822. The van der Waals surface area contributed by atoms with Crippen molar-refractivity contribution in [2.45, 2.75) is 26.7 Å². The van der Waals surface area contributed by atoms with Gasteiger partial charge in [0.2, 0.25) is 0 Å². The zero-order valence-electron chi connectivity index (χ0n) is 10.7. The van der Waals surface area contributed by atoms with Crippen LogP contribution in [0.25, 0.3) is 11.1 Å². The van der Waals surface area contributed by atoms with Gasteiger partial charge in [-0.1, -0.05) is 26.0 Å². The first-order valence-corrected chi connectivity index (χ1v) is 6.08. The largest absolute Gasteiger partial charge is 0.399 e. The van der Waals surface area contributed by atoms with Gasteiger partial charge in [-0.3, -0.25) is 4.68 Å². The van der Waals surface area contributed by atoms with Gasteiger partial charge in [0.25, 0.3) is 0 Å². The van der Waals surface area contributed by atoms with E-state index in [2.05, 4.69) is 25.0 Å². The normalized spacial score (nSPS) is 10.8. The summed E-state index contributed by atoms with van der Waals surface area (Å²) in [5.41, 5.74) is 11.5. The number of anilines is 1. The second kappa shape index (κ2) is 4.62. The Bertz CT molecular complexity index is 526. The van der Waals surface area contributed by atoms with E-state index in [0.29, 0.717) is 0 Å². The summed E-state index contributed by atoms with van der Waals surface area (Å²) in [6.45, 7) is 4.30. The van der Waals surface area contributed by atoms with Gasteiger partial charge in [0.1, 0.15) is 0 Å². The van der Waals surface area contributed by atoms with Crippen molar-refractivity contribution in [3.8, 4) is 11.1 Å². The standard InChI is InChI=1S/C14H19N3/c1-4-12-14(13(5-2)17(3)16-12)10-7-6-8-11(15)9-10/h6-9H,4-5,15H2,1-3H3. The number of hydrogen-bond acceptors (Lipinski definition) is 2. The Morgan fingerprint density at radius 1 is 1.24 bits per heavy atom. The maximum atomic E-state index is 5.86. The number of rotatable bonds is 3. The number of nitrogen functional groups attached to an aromatic ring is 1. The third-order valence-corrected chi connectivity index (χ3v) is 3.08. The molecular weight excluding hydrogens is 210 g/mol. The summed E-state index contributed by atoms with van der Waals surface area (Å²) in [6, 6.07) is 8.04. The summed E-state index contributed by atoms with van der Waals surface area (Å²) < 4.78 is 1.98. The van der Waals surface area contributed by atoms with Crippen LogP contribution < -0.4 is 5.73 Å². The van der Waals surface area contributed by atoms with Crippen LogP contribution in [0.15, 0.2) is 24.3 Å². The van der Waals surface area contributed by atoms with Crippen molar-refractivity contribution in [3.63, 3.8) is 0 Å². The highest BCUT2D eigenvalue weighted by Crippen LogP contribution is 2.29. The van der Waals surface area contributed by atoms with Gasteiger partial charge in [-0.25, -0.2) is 0 Å². The molecule has 0 saturated heterocycles. The molecule has 0 unspecified atom stereocenters. The molecule has 0 amide bonds. The predicted octanol–water partition coefficient (Wildman–Crippen LogP) is 2.79. The molecule has 90 valence electrons. The lowest BCUT2D eigenvalue weighted by molar-refractivity contribution is 0.705. The summed E-state index contributed by atoms with van der Waals surface area (Å²) >= 11 is 0. The molecular formula is C14H19N3. The van der Waals surface area contributed by atoms with Crippen LogP contribution in [-0.2, 0) is 19.9 Å². The first-order chi connectivity index (χ1) is 8.17. The number of aryl methyl sites for hydroxylation is 2. The van der Waals surface area contributed by atoms with E-state index in [1.807, 2.05) is 29.9 Å². The fourth-order valence-corrected chi connectivity index (χ4v) is 2.30. The van der Waals surface area contributed by atoms with Crippen molar-refractivity contribution in [2.24, 2.45) is 7.05 Å². The van der Waals surface area contributed by atoms with Gasteiger partial charge in [0.05, 0.1) is 5.69 Å². The maximum Gasteiger partial charge on any atom is 0.0703 e. The average Bonchev–Trinajstić information content (AvgIpc) is 2.65. The molecule has 2 aromatic rings. The number of benzene rings is 1. The molecule has 0 fully saturated rings. The zero-order chi connectivity index (χ0) is 12.4. The molecule has 0 saturated carbocycles. The number of nitrogens with zero attached hydrogens (tertiary/aromatic N) is 2.